The summed E-state index contributed by atoms with van der Waals surface area (Å²) >= 11 is 0. The van der Waals surface area contributed by atoms with Crippen LogP contribution in [-0.4, -0.2) is 31.6 Å². The molecular formula is C26H24N8O2. The van der Waals surface area contributed by atoms with E-state index < -0.39 is 0 Å². The summed E-state index contributed by atoms with van der Waals surface area (Å²) in [6.07, 6.45) is 4.63. The van der Waals surface area contributed by atoms with Crippen molar-refractivity contribution in [1.82, 2.24) is 24.5 Å². The van der Waals surface area contributed by atoms with Crippen LogP contribution in [0, 0.1) is 0 Å². The maximum Gasteiger partial charge on any atom is 0.316 e. The van der Waals surface area contributed by atoms with Crippen molar-refractivity contribution in [2.75, 3.05) is 23.9 Å². The SMILES string of the molecule is COc1ncc(-c2cccc3cc([C@H](C)Nc4ncnc(N)c4N)n(-c4ccccc4)c(=O)c23)cn1. The van der Waals surface area contributed by atoms with Crippen molar-refractivity contribution in [3.05, 3.63) is 89.4 Å². The molecule has 0 fully saturated rings. The van der Waals surface area contributed by atoms with Crippen LogP contribution in [0.4, 0.5) is 17.3 Å². The molecule has 1 atom stereocenters. The van der Waals surface area contributed by atoms with Gasteiger partial charge in [0.15, 0.2) is 11.6 Å². The lowest BCUT2D eigenvalue weighted by Gasteiger charge is -2.22. The number of hydrogen-bond donors (Lipinski definition) is 3. The third-order valence-corrected chi connectivity index (χ3v) is 5.92. The van der Waals surface area contributed by atoms with Crippen molar-refractivity contribution in [2.45, 2.75) is 13.0 Å². The second-order valence-electron chi connectivity index (χ2n) is 8.16. The lowest BCUT2D eigenvalue weighted by molar-refractivity contribution is 0.380. The molecule has 3 aromatic heterocycles. The summed E-state index contributed by atoms with van der Waals surface area (Å²) in [6.45, 7) is 1.93. The van der Waals surface area contributed by atoms with Crippen LogP contribution in [0.1, 0.15) is 18.7 Å². The van der Waals surface area contributed by atoms with Gasteiger partial charge in [0.25, 0.3) is 5.56 Å². The second-order valence-corrected chi connectivity index (χ2v) is 8.16. The van der Waals surface area contributed by atoms with Crippen LogP contribution in [0.15, 0.2) is 78.1 Å². The summed E-state index contributed by atoms with van der Waals surface area (Å²) in [4.78, 5) is 30.7. The monoisotopic (exact) mass is 480 g/mol. The average Bonchev–Trinajstić information content (AvgIpc) is 2.91. The molecule has 0 spiro atoms. The molecule has 0 amide bonds. The minimum Gasteiger partial charge on any atom is -0.467 e. The summed E-state index contributed by atoms with van der Waals surface area (Å²) < 4.78 is 6.77. The van der Waals surface area contributed by atoms with E-state index in [9.17, 15) is 4.79 Å². The first-order valence-corrected chi connectivity index (χ1v) is 11.2. The van der Waals surface area contributed by atoms with Gasteiger partial charge in [-0.25, -0.2) is 19.9 Å². The number of nitrogens with two attached hydrogens (primary N) is 2. The molecule has 5 rings (SSSR count). The summed E-state index contributed by atoms with van der Waals surface area (Å²) in [7, 11) is 1.51. The fourth-order valence-corrected chi connectivity index (χ4v) is 4.15. The topological polar surface area (TPSA) is 147 Å². The summed E-state index contributed by atoms with van der Waals surface area (Å²) in [5.41, 5.74) is 14.9. The fourth-order valence-electron chi connectivity index (χ4n) is 4.15. The molecule has 0 saturated heterocycles. The molecule has 0 radical (unpaired) electrons. The Labute approximate surface area is 206 Å². The average molecular weight is 481 g/mol. The number of fused-ring (bicyclic) bond motifs is 1. The van der Waals surface area contributed by atoms with E-state index in [4.69, 9.17) is 16.2 Å². The highest BCUT2D eigenvalue weighted by Gasteiger charge is 2.20. The van der Waals surface area contributed by atoms with Crippen molar-refractivity contribution >= 4 is 28.1 Å². The van der Waals surface area contributed by atoms with Crippen LogP contribution < -0.4 is 27.1 Å². The molecule has 3 heterocycles. The number of pyridine rings is 1. The van der Waals surface area contributed by atoms with Crippen molar-refractivity contribution in [3.8, 4) is 22.8 Å². The number of para-hydroxylation sites is 1. The van der Waals surface area contributed by atoms with Crippen molar-refractivity contribution in [1.29, 1.82) is 0 Å². The highest BCUT2D eigenvalue weighted by atomic mass is 16.5. The van der Waals surface area contributed by atoms with Crippen LogP contribution in [-0.2, 0) is 0 Å². The molecule has 0 bridgehead atoms. The predicted octanol–water partition coefficient (Wildman–Crippen LogP) is 3.58. The van der Waals surface area contributed by atoms with Gasteiger partial charge in [-0.05, 0) is 36.1 Å². The zero-order valence-corrected chi connectivity index (χ0v) is 19.7. The van der Waals surface area contributed by atoms with Gasteiger partial charge >= 0.3 is 6.01 Å². The smallest absolute Gasteiger partial charge is 0.316 e. The highest BCUT2D eigenvalue weighted by molar-refractivity contribution is 5.96. The molecule has 0 aliphatic rings. The van der Waals surface area contributed by atoms with E-state index in [2.05, 4.69) is 25.3 Å². The standard InChI is InChI=1S/C26H24N8O2/c1-15(33-24-22(27)23(28)31-14-32-24)20-11-16-7-6-10-19(17-12-29-26(36-2)30-13-17)21(16)25(35)34(20)18-8-4-3-5-9-18/h3-15H,27H2,1-2H3,(H3,28,31,32,33)/t15-/m0/s1. The number of nitrogens with one attached hydrogen (secondary N) is 1. The number of nitrogens with zero attached hydrogens (tertiary/aromatic N) is 5. The summed E-state index contributed by atoms with van der Waals surface area (Å²) in [5, 5.41) is 4.61. The first-order valence-electron chi connectivity index (χ1n) is 11.2. The Hall–Kier alpha value is -4.99. The molecule has 36 heavy (non-hydrogen) atoms. The largest absolute Gasteiger partial charge is 0.467 e. The number of methoxy groups -OCH3 is 1. The Morgan fingerprint density at radius 2 is 1.72 bits per heavy atom. The van der Waals surface area contributed by atoms with E-state index >= 15 is 0 Å². The van der Waals surface area contributed by atoms with E-state index in [1.807, 2.05) is 61.5 Å². The van der Waals surface area contributed by atoms with E-state index in [0.717, 1.165) is 22.3 Å². The van der Waals surface area contributed by atoms with Gasteiger partial charge in [0.1, 0.15) is 12.0 Å². The minimum atomic E-state index is -0.355. The number of aromatic nitrogens is 5. The van der Waals surface area contributed by atoms with E-state index in [1.54, 1.807) is 17.0 Å². The zero-order chi connectivity index (χ0) is 25.2. The number of nitrogen functional groups attached to an aromatic ring is 2. The first-order chi connectivity index (χ1) is 17.5. The molecule has 5 N–H and O–H groups in total. The quantitative estimate of drug-likeness (QED) is 0.332. The van der Waals surface area contributed by atoms with Gasteiger partial charge in [-0.15, -0.1) is 0 Å². The first kappa shape index (κ1) is 22.8. The van der Waals surface area contributed by atoms with Gasteiger partial charge in [-0.2, -0.15) is 0 Å². The van der Waals surface area contributed by atoms with Gasteiger partial charge < -0.3 is 21.5 Å². The van der Waals surface area contributed by atoms with Gasteiger partial charge in [0.05, 0.1) is 18.5 Å². The second kappa shape index (κ2) is 9.34. The molecule has 10 nitrogen and oxygen atoms in total. The third kappa shape index (κ3) is 4.05. The van der Waals surface area contributed by atoms with E-state index in [1.165, 1.54) is 13.4 Å². The van der Waals surface area contributed by atoms with Crippen LogP contribution >= 0.6 is 0 Å². The summed E-state index contributed by atoms with van der Waals surface area (Å²) in [6, 6.07) is 17.0. The number of rotatable bonds is 6. The Morgan fingerprint density at radius 1 is 0.972 bits per heavy atom. The van der Waals surface area contributed by atoms with Crippen molar-refractivity contribution < 1.29 is 4.74 Å². The summed E-state index contributed by atoms with van der Waals surface area (Å²) in [5.74, 6) is 0.580. The van der Waals surface area contributed by atoms with Crippen molar-refractivity contribution in [3.63, 3.8) is 0 Å². The third-order valence-electron chi connectivity index (χ3n) is 5.92. The molecule has 2 aromatic carbocycles. The Kier molecular flexibility index (Phi) is 5.91. The molecule has 5 aromatic rings. The van der Waals surface area contributed by atoms with E-state index in [-0.39, 0.29) is 29.1 Å². The van der Waals surface area contributed by atoms with Crippen LogP contribution in [0.5, 0.6) is 6.01 Å². The minimum absolute atomic E-state index is 0.177. The van der Waals surface area contributed by atoms with Crippen molar-refractivity contribution in [2.24, 2.45) is 0 Å². The van der Waals surface area contributed by atoms with Crippen LogP contribution in [0.25, 0.3) is 27.6 Å². The molecule has 0 unspecified atom stereocenters. The predicted molar refractivity (Wildman–Crippen MR) is 140 cm³/mol. The Bertz CT molecular complexity index is 1600. The number of anilines is 3. The lowest BCUT2D eigenvalue weighted by Crippen LogP contribution is -2.26. The Balaban J connectivity index is 1.73. The van der Waals surface area contributed by atoms with Crippen LogP contribution in [0.2, 0.25) is 0 Å². The van der Waals surface area contributed by atoms with Crippen LogP contribution in [0.3, 0.4) is 0 Å². The van der Waals surface area contributed by atoms with Gasteiger partial charge in [-0.1, -0.05) is 36.4 Å². The molecule has 10 heteroatoms. The number of hydrogen-bond acceptors (Lipinski definition) is 9. The fraction of sp³-hybridized carbons (Fsp3) is 0.115. The molecule has 0 aliphatic heterocycles. The molecule has 0 saturated carbocycles. The van der Waals surface area contributed by atoms with Gasteiger partial charge in [0, 0.05) is 29.3 Å². The maximum atomic E-state index is 14.1. The zero-order valence-electron chi connectivity index (χ0n) is 19.7. The number of ether oxygens (including phenoxy) is 1. The Morgan fingerprint density at radius 3 is 2.44 bits per heavy atom. The molecular weight excluding hydrogens is 456 g/mol. The highest BCUT2D eigenvalue weighted by Crippen LogP contribution is 2.31. The lowest BCUT2D eigenvalue weighted by atomic mass is 9.99. The van der Waals surface area contributed by atoms with Gasteiger partial charge in [-0.3, -0.25) is 9.36 Å². The van der Waals surface area contributed by atoms with E-state index in [0.29, 0.717) is 16.8 Å². The number of benzene rings is 2. The molecule has 0 aliphatic carbocycles. The maximum absolute atomic E-state index is 14.1. The molecule has 180 valence electrons. The normalized spacial score (nSPS) is 11.8. The van der Waals surface area contributed by atoms with Gasteiger partial charge in [0.2, 0.25) is 0 Å².